The van der Waals surface area contributed by atoms with Crippen LogP contribution in [0.15, 0.2) is 27.1 Å². The largest absolute Gasteiger partial charge is 0.491 e. The summed E-state index contributed by atoms with van der Waals surface area (Å²) in [4.78, 5) is 0. The van der Waals surface area contributed by atoms with Gasteiger partial charge in [-0.3, -0.25) is 0 Å². The molecule has 1 N–H and O–H groups in total. The van der Waals surface area contributed by atoms with E-state index in [0.29, 0.717) is 12.6 Å². The average molecular weight is 391 g/mol. The maximum atomic E-state index is 5.77. The Labute approximate surface area is 132 Å². The van der Waals surface area contributed by atoms with E-state index >= 15 is 0 Å². The van der Waals surface area contributed by atoms with E-state index in [9.17, 15) is 0 Å². The summed E-state index contributed by atoms with van der Waals surface area (Å²) in [6, 6.07) is 6.67. The average Bonchev–Trinajstić information content (AvgIpc) is 2.39. The summed E-state index contributed by atoms with van der Waals surface area (Å²) in [7, 11) is 0. The van der Waals surface area contributed by atoms with Crippen LogP contribution < -0.4 is 10.1 Å². The molecule has 0 heterocycles. The normalized spacial score (nSPS) is 23.3. The third-order valence-electron chi connectivity index (χ3n) is 3.70. The highest BCUT2D eigenvalue weighted by molar-refractivity contribution is 9.11. The van der Waals surface area contributed by atoms with E-state index in [1.54, 1.807) is 0 Å². The molecule has 0 aromatic heterocycles. The van der Waals surface area contributed by atoms with Gasteiger partial charge in [0.15, 0.2) is 0 Å². The quantitative estimate of drug-likeness (QED) is 0.731. The predicted octanol–water partition coefficient (Wildman–Crippen LogP) is 4.76. The minimum atomic E-state index is 0.688. The number of halogens is 2. The molecule has 0 spiro atoms. The molecule has 106 valence electrons. The molecular formula is C15H21Br2NO. The molecule has 0 radical (unpaired) electrons. The van der Waals surface area contributed by atoms with Crippen molar-refractivity contribution in [2.24, 2.45) is 5.92 Å². The van der Waals surface area contributed by atoms with Crippen LogP contribution in [-0.2, 0) is 0 Å². The first-order valence-corrected chi connectivity index (χ1v) is 8.55. The third-order valence-corrected chi connectivity index (χ3v) is 4.82. The van der Waals surface area contributed by atoms with Crippen LogP contribution in [0.3, 0.4) is 0 Å². The van der Waals surface area contributed by atoms with Gasteiger partial charge in [-0.15, -0.1) is 0 Å². The molecule has 1 aliphatic rings. The van der Waals surface area contributed by atoms with Gasteiger partial charge in [0.1, 0.15) is 12.4 Å². The molecule has 1 aliphatic carbocycles. The number of rotatable bonds is 5. The Morgan fingerprint density at radius 1 is 1.21 bits per heavy atom. The van der Waals surface area contributed by atoms with Crippen LogP contribution in [0.1, 0.15) is 32.6 Å². The SMILES string of the molecule is CC1CCC(NCCOc2ccc(Br)cc2Br)CC1. The van der Waals surface area contributed by atoms with E-state index in [4.69, 9.17) is 4.74 Å². The van der Waals surface area contributed by atoms with Crippen LogP contribution >= 0.6 is 31.9 Å². The maximum absolute atomic E-state index is 5.77. The van der Waals surface area contributed by atoms with E-state index in [1.807, 2.05) is 18.2 Å². The topological polar surface area (TPSA) is 21.3 Å². The smallest absolute Gasteiger partial charge is 0.133 e. The lowest BCUT2D eigenvalue weighted by Gasteiger charge is -2.27. The summed E-state index contributed by atoms with van der Waals surface area (Å²) in [5.74, 6) is 1.82. The van der Waals surface area contributed by atoms with Crippen LogP contribution in [0.5, 0.6) is 5.75 Å². The monoisotopic (exact) mass is 389 g/mol. The Morgan fingerprint density at radius 2 is 1.95 bits per heavy atom. The molecule has 1 aromatic carbocycles. The highest BCUT2D eigenvalue weighted by Crippen LogP contribution is 2.28. The molecule has 2 nitrogen and oxygen atoms in total. The number of nitrogens with one attached hydrogen (secondary N) is 1. The van der Waals surface area contributed by atoms with Crippen molar-refractivity contribution in [2.75, 3.05) is 13.2 Å². The van der Waals surface area contributed by atoms with Gasteiger partial charge in [0.2, 0.25) is 0 Å². The van der Waals surface area contributed by atoms with Gasteiger partial charge in [-0.1, -0.05) is 22.9 Å². The van der Waals surface area contributed by atoms with Crippen molar-refractivity contribution in [3.63, 3.8) is 0 Å². The number of ether oxygens (including phenoxy) is 1. The lowest BCUT2D eigenvalue weighted by atomic mass is 9.87. The van der Waals surface area contributed by atoms with Crippen LogP contribution in [-0.4, -0.2) is 19.2 Å². The van der Waals surface area contributed by atoms with Crippen LogP contribution in [0, 0.1) is 5.92 Å². The summed E-state index contributed by atoms with van der Waals surface area (Å²) < 4.78 is 7.82. The Balaban J connectivity index is 1.66. The molecule has 1 aromatic rings. The first kappa shape index (κ1) is 15.3. The summed E-state index contributed by atoms with van der Waals surface area (Å²) in [6.07, 6.45) is 5.33. The van der Waals surface area contributed by atoms with E-state index in [-0.39, 0.29) is 0 Å². The molecule has 0 bridgehead atoms. The van der Waals surface area contributed by atoms with Crippen LogP contribution in [0.4, 0.5) is 0 Å². The molecule has 0 unspecified atom stereocenters. The summed E-state index contributed by atoms with van der Waals surface area (Å²) in [6.45, 7) is 3.98. The zero-order chi connectivity index (χ0) is 13.7. The number of hydrogen-bond donors (Lipinski definition) is 1. The third kappa shape index (κ3) is 5.09. The van der Waals surface area contributed by atoms with E-state index in [2.05, 4.69) is 44.1 Å². The lowest BCUT2D eigenvalue weighted by Crippen LogP contribution is -2.35. The van der Waals surface area contributed by atoms with Gasteiger partial charge in [0, 0.05) is 17.1 Å². The van der Waals surface area contributed by atoms with Crippen molar-refractivity contribution in [3.8, 4) is 5.75 Å². The Kier molecular flexibility index (Phi) is 6.17. The minimum Gasteiger partial charge on any atom is -0.491 e. The highest BCUT2D eigenvalue weighted by Gasteiger charge is 2.17. The molecule has 4 heteroatoms. The molecule has 19 heavy (non-hydrogen) atoms. The van der Waals surface area contributed by atoms with Gasteiger partial charge in [-0.05, 0) is 65.7 Å². The molecule has 1 fully saturated rings. The predicted molar refractivity (Wildman–Crippen MR) is 86.8 cm³/mol. The van der Waals surface area contributed by atoms with Crippen molar-refractivity contribution in [1.29, 1.82) is 0 Å². The molecule has 1 saturated carbocycles. The van der Waals surface area contributed by atoms with Crippen LogP contribution in [0.2, 0.25) is 0 Å². The molecular weight excluding hydrogens is 370 g/mol. The molecule has 0 saturated heterocycles. The van der Waals surface area contributed by atoms with Crippen molar-refractivity contribution < 1.29 is 4.74 Å². The van der Waals surface area contributed by atoms with Gasteiger partial charge in [0.25, 0.3) is 0 Å². The van der Waals surface area contributed by atoms with Gasteiger partial charge < -0.3 is 10.1 Å². The molecule has 2 rings (SSSR count). The van der Waals surface area contributed by atoms with Crippen molar-refractivity contribution in [2.45, 2.75) is 38.6 Å². The van der Waals surface area contributed by atoms with Gasteiger partial charge in [0.05, 0.1) is 4.47 Å². The first-order chi connectivity index (χ1) is 9.15. The number of benzene rings is 1. The van der Waals surface area contributed by atoms with Crippen LogP contribution in [0.25, 0.3) is 0 Å². The van der Waals surface area contributed by atoms with E-state index in [0.717, 1.165) is 27.2 Å². The van der Waals surface area contributed by atoms with Crippen molar-refractivity contribution >= 4 is 31.9 Å². The zero-order valence-corrected chi connectivity index (χ0v) is 14.5. The second kappa shape index (κ2) is 7.65. The molecule has 0 atom stereocenters. The first-order valence-electron chi connectivity index (χ1n) is 6.96. The van der Waals surface area contributed by atoms with Gasteiger partial charge in [-0.25, -0.2) is 0 Å². The molecule has 0 aliphatic heterocycles. The minimum absolute atomic E-state index is 0.688. The standard InChI is InChI=1S/C15H21Br2NO/c1-11-2-5-13(6-3-11)18-8-9-19-15-7-4-12(16)10-14(15)17/h4,7,10-11,13,18H,2-3,5-6,8-9H2,1H3. The van der Waals surface area contributed by atoms with E-state index < -0.39 is 0 Å². The Morgan fingerprint density at radius 3 is 2.63 bits per heavy atom. The molecule has 0 amide bonds. The second-order valence-corrected chi connectivity index (χ2v) is 7.10. The van der Waals surface area contributed by atoms with Crippen molar-refractivity contribution in [3.05, 3.63) is 27.1 Å². The van der Waals surface area contributed by atoms with Crippen molar-refractivity contribution in [1.82, 2.24) is 5.32 Å². The van der Waals surface area contributed by atoms with Gasteiger partial charge in [-0.2, -0.15) is 0 Å². The fourth-order valence-corrected chi connectivity index (χ4v) is 3.64. The fourth-order valence-electron chi connectivity index (χ4n) is 2.48. The van der Waals surface area contributed by atoms with Gasteiger partial charge >= 0.3 is 0 Å². The zero-order valence-electron chi connectivity index (χ0n) is 11.3. The summed E-state index contributed by atoms with van der Waals surface area (Å²) in [5, 5.41) is 3.59. The summed E-state index contributed by atoms with van der Waals surface area (Å²) in [5.41, 5.74) is 0. The fraction of sp³-hybridized carbons (Fsp3) is 0.600. The lowest BCUT2D eigenvalue weighted by molar-refractivity contribution is 0.269. The number of hydrogen-bond acceptors (Lipinski definition) is 2. The van der Waals surface area contributed by atoms with E-state index in [1.165, 1.54) is 25.7 Å². The highest BCUT2D eigenvalue weighted by atomic mass is 79.9. The summed E-state index contributed by atoms with van der Waals surface area (Å²) >= 11 is 6.94. The second-order valence-electron chi connectivity index (χ2n) is 5.33. The maximum Gasteiger partial charge on any atom is 0.133 e. The Hall–Kier alpha value is -0.0600. The Bertz CT molecular complexity index is 403.